The Labute approximate surface area is 110 Å². The highest BCUT2D eigenvalue weighted by molar-refractivity contribution is 5.80. The number of nitrogens with zero attached hydrogens (tertiary/aromatic N) is 3. The summed E-state index contributed by atoms with van der Waals surface area (Å²) in [6.45, 7) is 2.54. The minimum Gasteiger partial charge on any atom is -0.358 e. The van der Waals surface area contributed by atoms with Crippen LogP contribution in [0.15, 0.2) is 6.20 Å². The molecule has 0 bridgehead atoms. The van der Waals surface area contributed by atoms with Crippen LogP contribution in [-0.2, 0) is 4.79 Å². The number of anilines is 2. The Morgan fingerprint density at radius 3 is 2.79 bits per heavy atom. The van der Waals surface area contributed by atoms with E-state index in [-0.39, 0.29) is 29.9 Å². The van der Waals surface area contributed by atoms with E-state index < -0.39 is 4.92 Å². The molecule has 0 atom stereocenters. The number of amides is 1. The smallest absolute Gasteiger partial charge is 0.329 e. The molecule has 1 heterocycles. The van der Waals surface area contributed by atoms with Crippen LogP contribution < -0.4 is 16.0 Å². The van der Waals surface area contributed by atoms with Crippen molar-refractivity contribution in [1.82, 2.24) is 15.3 Å². The minimum atomic E-state index is -0.601. The van der Waals surface area contributed by atoms with Gasteiger partial charge in [0.1, 0.15) is 6.20 Å². The second-order valence-electron chi connectivity index (χ2n) is 3.64. The largest absolute Gasteiger partial charge is 0.358 e. The lowest BCUT2D eigenvalue weighted by Crippen LogP contribution is -2.26. The summed E-state index contributed by atoms with van der Waals surface area (Å²) in [5.41, 5.74) is -0.272. The molecule has 1 rings (SSSR count). The maximum absolute atomic E-state index is 11.1. The van der Waals surface area contributed by atoms with Crippen LogP contribution in [0.2, 0.25) is 0 Å². The van der Waals surface area contributed by atoms with Crippen molar-refractivity contribution in [2.45, 2.75) is 13.3 Å². The average Bonchev–Trinajstić information content (AvgIpc) is 2.42. The summed E-state index contributed by atoms with van der Waals surface area (Å²) in [4.78, 5) is 29.2. The number of hydrogen-bond acceptors (Lipinski definition) is 7. The summed E-state index contributed by atoms with van der Waals surface area (Å²) in [6.07, 6.45) is 1.98. The summed E-state index contributed by atoms with van der Waals surface area (Å²) in [6, 6.07) is 0. The molecule has 0 aromatic carbocycles. The Morgan fingerprint density at radius 2 is 2.21 bits per heavy atom. The van der Waals surface area contributed by atoms with Gasteiger partial charge in [0.25, 0.3) is 0 Å². The van der Waals surface area contributed by atoms with E-state index in [4.69, 9.17) is 0 Å². The van der Waals surface area contributed by atoms with Crippen LogP contribution in [0.4, 0.5) is 17.5 Å². The van der Waals surface area contributed by atoms with E-state index in [9.17, 15) is 14.9 Å². The first-order valence-electron chi connectivity index (χ1n) is 5.78. The van der Waals surface area contributed by atoms with Crippen LogP contribution in [-0.4, -0.2) is 40.9 Å². The second kappa shape index (κ2) is 7.09. The monoisotopic (exact) mass is 268 g/mol. The van der Waals surface area contributed by atoms with Gasteiger partial charge in [-0.3, -0.25) is 14.9 Å². The van der Waals surface area contributed by atoms with E-state index in [0.29, 0.717) is 6.54 Å². The lowest BCUT2D eigenvalue weighted by Gasteiger charge is -2.07. The van der Waals surface area contributed by atoms with Crippen LogP contribution in [0.25, 0.3) is 0 Å². The molecule has 0 fully saturated rings. The van der Waals surface area contributed by atoms with Gasteiger partial charge in [-0.15, -0.1) is 0 Å². The van der Waals surface area contributed by atoms with Gasteiger partial charge in [-0.1, -0.05) is 6.92 Å². The van der Waals surface area contributed by atoms with Crippen LogP contribution in [0.1, 0.15) is 13.3 Å². The Balaban J connectivity index is 2.88. The van der Waals surface area contributed by atoms with E-state index in [1.807, 2.05) is 6.92 Å². The molecule has 0 spiro atoms. The summed E-state index contributed by atoms with van der Waals surface area (Å²) in [5.74, 6) is 0.00466. The number of carbonyl (C=O) groups is 1. The lowest BCUT2D eigenvalue weighted by atomic mass is 10.4. The Morgan fingerprint density at radius 1 is 1.47 bits per heavy atom. The molecule has 9 nitrogen and oxygen atoms in total. The zero-order chi connectivity index (χ0) is 14.3. The van der Waals surface area contributed by atoms with Gasteiger partial charge >= 0.3 is 5.69 Å². The first-order valence-corrected chi connectivity index (χ1v) is 5.78. The number of likely N-dealkylation sites (N-methyl/N-ethyl adjacent to an activating group) is 1. The Kier molecular flexibility index (Phi) is 5.45. The molecular formula is C10H16N6O3. The number of rotatable bonds is 7. The van der Waals surface area contributed by atoms with Crippen LogP contribution in [0.3, 0.4) is 0 Å². The highest BCUT2D eigenvalue weighted by Gasteiger charge is 2.17. The SMILES string of the molecule is CCCNc1ncc([N+](=O)[O-])c(NCC(=O)NC)n1. The summed E-state index contributed by atoms with van der Waals surface area (Å²) in [5, 5.41) is 18.8. The fraction of sp³-hybridized carbons (Fsp3) is 0.500. The molecule has 0 aliphatic carbocycles. The molecule has 1 aromatic rings. The third kappa shape index (κ3) is 4.37. The molecule has 1 amide bonds. The van der Waals surface area contributed by atoms with Crippen molar-refractivity contribution in [3.05, 3.63) is 16.3 Å². The van der Waals surface area contributed by atoms with Crippen LogP contribution >= 0.6 is 0 Å². The highest BCUT2D eigenvalue weighted by atomic mass is 16.6. The standard InChI is InChI=1S/C10H16N6O3/c1-3-4-12-10-14-5-7(16(18)19)9(15-10)13-6-8(17)11-2/h5H,3-4,6H2,1-2H3,(H,11,17)(H2,12,13,14,15). The predicted octanol–water partition coefficient (Wildman–Crippen LogP) is 0.365. The van der Waals surface area contributed by atoms with Gasteiger partial charge in [-0.2, -0.15) is 4.98 Å². The van der Waals surface area contributed by atoms with E-state index >= 15 is 0 Å². The van der Waals surface area contributed by atoms with Gasteiger partial charge in [0, 0.05) is 13.6 Å². The quantitative estimate of drug-likeness (QED) is 0.482. The molecule has 0 unspecified atom stereocenters. The van der Waals surface area contributed by atoms with Crippen LogP contribution in [0, 0.1) is 10.1 Å². The first kappa shape index (κ1) is 14.6. The third-order valence-corrected chi connectivity index (χ3v) is 2.19. The van der Waals surface area contributed by atoms with Crippen molar-refractivity contribution in [3.8, 4) is 0 Å². The van der Waals surface area contributed by atoms with Gasteiger partial charge in [-0.05, 0) is 6.42 Å². The normalized spacial score (nSPS) is 9.79. The predicted molar refractivity (Wildman–Crippen MR) is 70.0 cm³/mol. The van der Waals surface area contributed by atoms with Crippen molar-refractivity contribution in [2.24, 2.45) is 0 Å². The van der Waals surface area contributed by atoms with Crippen molar-refractivity contribution in [1.29, 1.82) is 0 Å². The molecule has 104 valence electrons. The number of nitro groups is 1. The lowest BCUT2D eigenvalue weighted by molar-refractivity contribution is -0.384. The van der Waals surface area contributed by atoms with E-state index in [2.05, 4.69) is 25.9 Å². The van der Waals surface area contributed by atoms with E-state index in [1.54, 1.807) is 0 Å². The highest BCUT2D eigenvalue weighted by Crippen LogP contribution is 2.21. The molecule has 0 aliphatic rings. The van der Waals surface area contributed by atoms with Crippen molar-refractivity contribution in [2.75, 3.05) is 30.8 Å². The van der Waals surface area contributed by atoms with Gasteiger partial charge in [0.2, 0.25) is 17.7 Å². The topological polar surface area (TPSA) is 122 Å². The number of aromatic nitrogens is 2. The molecule has 19 heavy (non-hydrogen) atoms. The number of hydrogen-bond donors (Lipinski definition) is 3. The molecule has 0 radical (unpaired) electrons. The summed E-state index contributed by atoms with van der Waals surface area (Å²) in [7, 11) is 1.48. The molecule has 9 heteroatoms. The van der Waals surface area contributed by atoms with E-state index in [0.717, 1.165) is 12.6 Å². The summed E-state index contributed by atoms with van der Waals surface area (Å²) >= 11 is 0. The maximum Gasteiger partial charge on any atom is 0.329 e. The number of nitrogens with one attached hydrogen (secondary N) is 3. The van der Waals surface area contributed by atoms with Gasteiger partial charge in [0.15, 0.2) is 0 Å². The molecule has 3 N–H and O–H groups in total. The van der Waals surface area contributed by atoms with Gasteiger partial charge in [0.05, 0.1) is 11.5 Å². The fourth-order valence-corrected chi connectivity index (χ4v) is 1.21. The third-order valence-electron chi connectivity index (χ3n) is 2.19. The van der Waals surface area contributed by atoms with Crippen molar-refractivity contribution >= 4 is 23.4 Å². The molecular weight excluding hydrogens is 252 g/mol. The second-order valence-corrected chi connectivity index (χ2v) is 3.64. The Bertz CT molecular complexity index is 465. The molecule has 0 saturated carbocycles. The summed E-state index contributed by atoms with van der Waals surface area (Å²) < 4.78 is 0. The van der Waals surface area contributed by atoms with Crippen LogP contribution in [0.5, 0.6) is 0 Å². The zero-order valence-electron chi connectivity index (χ0n) is 10.8. The molecule has 0 aliphatic heterocycles. The molecule has 0 saturated heterocycles. The first-order chi connectivity index (χ1) is 9.08. The molecule has 1 aromatic heterocycles. The average molecular weight is 268 g/mol. The zero-order valence-corrected chi connectivity index (χ0v) is 10.8. The number of carbonyl (C=O) groups excluding carboxylic acids is 1. The van der Waals surface area contributed by atoms with Crippen molar-refractivity contribution < 1.29 is 9.72 Å². The van der Waals surface area contributed by atoms with Gasteiger partial charge in [-0.25, -0.2) is 4.98 Å². The van der Waals surface area contributed by atoms with Gasteiger partial charge < -0.3 is 16.0 Å². The minimum absolute atomic E-state index is 0.0159. The Hall–Kier alpha value is -2.45. The van der Waals surface area contributed by atoms with Crippen molar-refractivity contribution in [3.63, 3.8) is 0 Å². The fourth-order valence-electron chi connectivity index (χ4n) is 1.21. The van der Waals surface area contributed by atoms with E-state index in [1.165, 1.54) is 7.05 Å². The maximum atomic E-state index is 11.1.